The van der Waals surface area contributed by atoms with Crippen molar-refractivity contribution in [2.75, 3.05) is 6.61 Å². The van der Waals surface area contributed by atoms with Gasteiger partial charge in [-0.25, -0.2) is 0 Å². The van der Waals surface area contributed by atoms with Crippen molar-refractivity contribution in [3.8, 4) is 16.9 Å². The van der Waals surface area contributed by atoms with Crippen LogP contribution in [0.5, 0.6) is 5.75 Å². The van der Waals surface area contributed by atoms with Gasteiger partial charge >= 0.3 is 5.97 Å². The van der Waals surface area contributed by atoms with Crippen LogP contribution in [0.4, 0.5) is 0 Å². The fraction of sp³-hybridized carbons (Fsp3) is 0.304. The number of benzene rings is 2. The molecule has 2 aromatic rings. The molecule has 0 aliphatic carbocycles. The van der Waals surface area contributed by atoms with Crippen molar-refractivity contribution in [2.24, 2.45) is 5.92 Å². The Kier molecular flexibility index (Phi) is 9.01. The average Bonchev–Trinajstić information content (AvgIpc) is 2.75. The predicted octanol–water partition coefficient (Wildman–Crippen LogP) is 1.53. The summed E-state index contributed by atoms with van der Waals surface area (Å²) in [6, 6.07) is 14.4. The SMILES string of the molecule is [B]C(=O)C(CC(=O)O)NC(=O)C(NC(=O)COc1ccccc1-c1ccccc1)C(C)C. The van der Waals surface area contributed by atoms with E-state index in [1.165, 1.54) is 0 Å². The third-order valence-electron chi connectivity index (χ3n) is 4.63. The van der Waals surface area contributed by atoms with Gasteiger partial charge in [0.25, 0.3) is 5.91 Å². The number of hydrogen-bond donors (Lipinski definition) is 3. The molecule has 2 aromatic carbocycles. The van der Waals surface area contributed by atoms with E-state index in [1.54, 1.807) is 26.0 Å². The van der Waals surface area contributed by atoms with E-state index >= 15 is 0 Å². The summed E-state index contributed by atoms with van der Waals surface area (Å²) in [4.78, 5) is 47.4. The zero-order chi connectivity index (χ0) is 23.7. The Morgan fingerprint density at radius 3 is 2.19 bits per heavy atom. The van der Waals surface area contributed by atoms with Crippen LogP contribution in [-0.4, -0.2) is 55.1 Å². The highest BCUT2D eigenvalue weighted by Gasteiger charge is 2.28. The van der Waals surface area contributed by atoms with Crippen molar-refractivity contribution in [2.45, 2.75) is 32.4 Å². The smallest absolute Gasteiger partial charge is 0.305 e. The van der Waals surface area contributed by atoms with Gasteiger partial charge < -0.3 is 25.3 Å². The van der Waals surface area contributed by atoms with Gasteiger partial charge in [0.05, 0.1) is 18.1 Å². The Morgan fingerprint density at radius 1 is 0.969 bits per heavy atom. The van der Waals surface area contributed by atoms with E-state index in [2.05, 4.69) is 10.6 Å². The highest BCUT2D eigenvalue weighted by molar-refractivity contribution is 6.59. The maximum absolute atomic E-state index is 12.6. The van der Waals surface area contributed by atoms with Gasteiger partial charge in [-0.1, -0.05) is 62.4 Å². The largest absolute Gasteiger partial charge is 0.483 e. The zero-order valence-corrected chi connectivity index (χ0v) is 17.9. The molecule has 0 spiro atoms. The fourth-order valence-corrected chi connectivity index (χ4v) is 3.00. The van der Waals surface area contributed by atoms with Crippen LogP contribution in [-0.2, 0) is 19.2 Å². The van der Waals surface area contributed by atoms with Crippen molar-refractivity contribution in [3.63, 3.8) is 0 Å². The maximum Gasteiger partial charge on any atom is 0.305 e. The molecule has 166 valence electrons. The lowest BCUT2D eigenvalue weighted by atomic mass is 9.92. The van der Waals surface area contributed by atoms with Gasteiger partial charge in [-0.2, -0.15) is 0 Å². The normalized spacial score (nSPS) is 12.5. The minimum absolute atomic E-state index is 0.339. The molecule has 0 aliphatic heterocycles. The first-order valence-corrected chi connectivity index (χ1v) is 10.1. The zero-order valence-electron chi connectivity index (χ0n) is 17.9. The Labute approximate surface area is 187 Å². The quantitative estimate of drug-likeness (QED) is 0.460. The Hall–Kier alpha value is -3.62. The van der Waals surface area contributed by atoms with E-state index in [-0.39, 0.29) is 12.5 Å². The number of para-hydroxylation sites is 1. The van der Waals surface area contributed by atoms with E-state index < -0.39 is 42.0 Å². The number of nitrogens with one attached hydrogen (secondary N) is 2. The van der Waals surface area contributed by atoms with Crippen molar-refractivity contribution in [1.82, 2.24) is 10.6 Å². The van der Waals surface area contributed by atoms with Gasteiger partial charge in [-0.05, 0) is 17.5 Å². The van der Waals surface area contributed by atoms with E-state index in [0.29, 0.717) is 5.75 Å². The van der Waals surface area contributed by atoms with Crippen molar-refractivity contribution in [3.05, 3.63) is 54.6 Å². The standard InChI is InChI=1S/C23H25BN2O6/c1-14(2)21(23(31)25-17(22(24)30)12-20(28)29)26-19(27)13-32-18-11-7-6-10-16(18)15-8-4-3-5-9-15/h3-11,14,17,21H,12-13H2,1-2H3,(H,25,31)(H,26,27)(H,28,29). The van der Waals surface area contributed by atoms with Crippen LogP contribution in [0.1, 0.15) is 20.3 Å². The molecule has 2 amide bonds. The number of hydrogen-bond acceptors (Lipinski definition) is 5. The molecular formula is C23H25BN2O6. The molecule has 2 rings (SSSR count). The first-order chi connectivity index (χ1) is 15.2. The van der Waals surface area contributed by atoms with Gasteiger partial charge in [0.2, 0.25) is 5.91 Å². The van der Waals surface area contributed by atoms with Crippen LogP contribution in [0, 0.1) is 5.92 Å². The van der Waals surface area contributed by atoms with Crippen molar-refractivity contribution in [1.29, 1.82) is 0 Å². The van der Waals surface area contributed by atoms with Gasteiger partial charge in [0.1, 0.15) is 11.8 Å². The van der Waals surface area contributed by atoms with E-state index in [1.807, 2.05) is 42.5 Å². The molecule has 0 bridgehead atoms. The third-order valence-corrected chi connectivity index (χ3v) is 4.63. The molecule has 9 heteroatoms. The summed E-state index contributed by atoms with van der Waals surface area (Å²) >= 11 is 0. The number of rotatable bonds is 11. The molecule has 0 heterocycles. The molecule has 0 saturated carbocycles. The topological polar surface area (TPSA) is 122 Å². The number of carbonyl (C=O) groups excluding carboxylic acids is 3. The average molecular weight is 436 g/mol. The summed E-state index contributed by atoms with van der Waals surface area (Å²) in [5.41, 5.74) is 0.770. The van der Waals surface area contributed by atoms with Gasteiger partial charge in [0, 0.05) is 5.56 Å². The summed E-state index contributed by atoms with van der Waals surface area (Å²) in [6.07, 6.45) is -0.654. The molecule has 32 heavy (non-hydrogen) atoms. The molecule has 3 N–H and O–H groups in total. The number of aliphatic carboxylic acids is 1. The summed E-state index contributed by atoms with van der Waals surface area (Å²) in [7, 11) is 5.16. The highest BCUT2D eigenvalue weighted by Crippen LogP contribution is 2.29. The Bertz CT molecular complexity index is 964. The van der Waals surface area contributed by atoms with Gasteiger partial charge in [-0.15, -0.1) is 0 Å². The van der Waals surface area contributed by atoms with E-state index in [4.69, 9.17) is 17.7 Å². The lowest BCUT2D eigenvalue weighted by Crippen LogP contribution is -2.54. The highest BCUT2D eigenvalue weighted by atomic mass is 16.5. The van der Waals surface area contributed by atoms with Crippen LogP contribution in [0.2, 0.25) is 0 Å². The molecule has 2 radical (unpaired) electrons. The van der Waals surface area contributed by atoms with Crippen molar-refractivity contribution < 1.29 is 29.0 Å². The number of amides is 2. The predicted molar refractivity (Wildman–Crippen MR) is 119 cm³/mol. The number of carbonyl (C=O) groups is 4. The minimum atomic E-state index is -1.38. The van der Waals surface area contributed by atoms with Gasteiger partial charge in [-0.3, -0.25) is 14.4 Å². The molecule has 8 nitrogen and oxygen atoms in total. The summed E-state index contributed by atoms with van der Waals surface area (Å²) < 4.78 is 5.69. The van der Waals surface area contributed by atoms with E-state index in [0.717, 1.165) is 11.1 Å². The van der Waals surface area contributed by atoms with Crippen LogP contribution in [0.3, 0.4) is 0 Å². The first-order valence-electron chi connectivity index (χ1n) is 10.1. The molecule has 0 aliphatic rings. The molecule has 2 unspecified atom stereocenters. The Morgan fingerprint density at radius 2 is 1.59 bits per heavy atom. The summed E-state index contributed by atoms with van der Waals surface area (Å²) in [5.74, 6) is -2.37. The van der Waals surface area contributed by atoms with Crippen LogP contribution >= 0.6 is 0 Å². The summed E-state index contributed by atoms with van der Waals surface area (Å²) in [5, 5.41) is 13.7. The second-order valence-electron chi connectivity index (χ2n) is 7.50. The van der Waals surface area contributed by atoms with Crippen LogP contribution in [0.15, 0.2) is 54.6 Å². The second-order valence-corrected chi connectivity index (χ2v) is 7.50. The van der Waals surface area contributed by atoms with Gasteiger partial charge in [0.15, 0.2) is 14.5 Å². The number of carboxylic acid groups (broad SMARTS) is 1. The molecule has 0 saturated heterocycles. The fourth-order valence-electron chi connectivity index (χ4n) is 3.00. The monoisotopic (exact) mass is 436 g/mol. The maximum atomic E-state index is 12.6. The molecule has 0 aromatic heterocycles. The van der Waals surface area contributed by atoms with Crippen molar-refractivity contribution >= 4 is 31.3 Å². The summed E-state index contributed by atoms with van der Waals surface area (Å²) in [6.45, 7) is 3.06. The minimum Gasteiger partial charge on any atom is -0.483 e. The second kappa shape index (κ2) is 11.7. The molecule has 2 atom stereocenters. The lowest BCUT2D eigenvalue weighted by molar-refractivity contribution is -0.139. The third kappa shape index (κ3) is 7.26. The molecular weight excluding hydrogens is 411 g/mol. The molecule has 0 fully saturated rings. The first kappa shape index (κ1) is 24.7. The van der Waals surface area contributed by atoms with Crippen LogP contribution < -0.4 is 15.4 Å². The number of ether oxygens (including phenoxy) is 1. The van der Waals surface area contributed by atoms with Crippen LogP contribution in [0.25, 0.3) is 11.1 Å². The van der Waals surface area contributed by atoms with E-state index in [9.17, 15) is 19.2 Å². The lowest BCUT2D eigenvalue weighted by Gasteiger charge is -2.24. The Balaban J connectivity index is 2.03. The number of carboxylic acids is 1.